The number of carbonyl (C=O) groups is 1. The maximum absolute atomic E-state index is 12.0. The minimum Gasteiger partial charge on any atom is -0.325 e. The van der Waals surface area contributed by atoms with Crippen LogP contribution in [0.25, 0.3) is 11.3 Å². The number of benzene rings is 2. The first-order valence-corrected chi connectivity index (χ1v) is 9.47. The van der Waals surface area contributed by atoms with E-state index in [0.29, 0.717) is 10.0 Å². The normalized spacial score (nSPS) is 10.6. The number of aryl methyl sites for hydroxylation is 2. The number of hydrogen-bond donors (Lipinski definition) is 1. The van der Waals surface area contributed by atoms with E-state index < -0.39 is 0 Å². The molecule has 1 heterocycles. The second kappa shape index (κ2) is 8.34. The highest BCUT2D eigenvalue weighted by atomic mass is 35.5. The molecule has 2 aromatic carbocycles. The number of rotatable bonds is 5. The molecule has 3 aromatic rings. The second-order valence-corrected chi connectivity index (χ2v) is 7.35. The number of halogens is 1. The van der Waals surface area contributed by atoms with Crippen LogP contribution in [0.2, 0.25) is 5.02 Å². The molecule has 0 spiro atoms. The van der Waals surface area contributed by atoms with Crippen molar-refractivity contribution >= 4 is 35.0 Å². The Morgan fingerprint density at radius 3 is 2.50 bits per heavy atom. The highest BCUT2D eigenvalue weighted by molar-refractivity contribution is 7.99. The van der Waals surface area contributed by atoms with E-state index in [0.717, 1.165) is 22.5 Å². The molecule has 3 rings (SSSR count). The zero-order valence-electron chi connectivity index (χ0n) is 14.5. The molecule has 0 bridgehead atoms. The molecule has 0 fully saturated rings. The van der Waals surface area contributed by atoms with Gasteiger partial charge in [-0.2, -0.15) is 0 Å². The minimum atomic E-state index is -0.0993. The summed E-state index contributed by atoms with van der Waals surface area (Å²) in [5.74, 6) is 0.165. The van der Waals surface area contributed by atoms with Crippen molar-refractivity contribution in [2.45, 2.75) is 18.9 Å². The summed E-state index contributed by atoms with van der Waals surface area (Å²) in [6, 6.07) is 17.1. The van der Waals surface area contributed by atoms with Crippen molar-refractivity contribution in [3.8, 4) is 11.3 Å². The van der Waals surface area contributed by atoms with Gasteiger partial charge in [0.2, 0.25) is 5.91 Å². The molecule has 6 heteroatoms. The van der Waals surface area contributed by atoms with Gasteiger partial charge in [-0.1, -0.05) is 41.1 Å². The summed E-state index contributed by atoms with van der Waals surface area (Å²) in [6.45, 7) is 4.11. The highest BCUT2D eigenvalue weighted by Crippen LogP contribution is 2.24. The first kappa shape index (κ1) is 18.4. The van der Waals surface area contributed by atoms with E-state index in [-0.39, 0.29) is 11.7 Å². The molecule has 1 aromatic heterocycles. The van der Waals surface area contributed by atoms with Gasteiger partial charge in [-0.05, 0) is 61.9 Å². The van der Waals surface area contributed by atoms with Gasteiger partial charge in [0, 0.05) is 16.3 Å². The molecule has 1 N–H and O–H groups in total. The zero-order chi connectivity index (χ0) is 18.5. The molecule has 0 atom stereocenters. The molecule has 132 valence electrons. The largest absolute Gasteiger partial charge is 0.325 e. The van der Waals surface area contributed by atoms with E-state index in [1.54, 1.807) is 24.3 Å². The molecule has 0 saturated carbocycles. The Bertz CT molecular complexity index is 911. The number of thioether (sulfide) groups is 1. The quantitative estimate of drug-likeness (QED) is 0.619. The van der Waals surface area contributed by atoms with Gasteiger partial charge < -0.3 is 5.32 Å². The topological polar surface area (TPSA) is 54.9 Å². The van der Waals surface area contributed by atoms with Gasteiger partial charge in [0.1, 0.15) is 5.03 Å². The Balaban J connectivity index is 1.60. The predicted molar refractivity (Wildman–Crippen MR) is 108 cm³/mol. The third-order valence-electron chi connectivity index (χ3n) is 3.79. The third-order valence-corrected chi connectivity index (χ3v) is 4.96. The Kier molecular flexibility index (Phi) is 5.91. The summed E-state index contributed by atoms with van der Waals surface area (Å²) in [5.41, 5.74) is 4.98. The highest BCUT2D eigenvalue weighted by Gasteiger charge is 2.08. The maximum atomic E-state index is 12.0. The zero-order valence-corrected chi connectivity index (χ0v) is 16.1. The predicted octanol–water partition coefficient (Wildman–Crippen LogP) is 5.14. The molecule has 26 heavy (non-hydrogen) atoms. The first-order chi connectivity index (χ1) is 12.5. The Morgan fingerprint density at radius 2 is 1.81 bits per heavy atom. The van der Waals surface area contributed by atoms with Crippen molar-refractivity contribution in [2.75, 3.05) is 11.1 Å². The van der Waals surface area contributed by atoms with Crippen molar-refractivity contribution in [1.82, 2.24) is 10.2 Å². The van der Waals surface area contributed by atoms with E-state index >= 15 is 0 Å². The molecular formula is C20H18ClN3OS. The number of amides is 1. The molecule has 0 saturated heterocycles. The number of anilines is 1. The van der Waals surface area contributed by atoms with E-state index in [1.807, 2.05) is 12.1 Å². The van der Waals surface area contributed by atoms with Crippen LogP contribution >= 0.6 is 23.4 Å². The van der Waals surface area contributed by atoms with Crippen LogP contribution in [-0.2, 0) is 4.79 Å². The average molecular weight is 384 g/mol. The number of aromatic nitrogens is 2. The lowest BCUT2D eigenvalue weighted by atomic mass is 10.0. The smallest absolute Gasteiger partial charge is 0.234 e. The second-order valence-electron chi connectivity index (χ2n) is 5.92. The van der Waals surface area contributed by atoms with Gasteiger partial charge >= 0.3 is 0 Å². The van der Waals surface area contributed by atoms with Gasteiger partial charge in [0.25, 0.3) is 0 Å². The summed E-state index contributed by atoms with van der Waals surface area (Å²) >= 11 is 7.18. The van der Waals surface area contributed by atoms with Gasteiger partial charge in [-0.3, -0.25) is 4.79 Å². The fraction of sp³-hybridized carbons (Fsp3) is 0.150. The molecule has 0 radical (unpaired) electrons. The van der Waals surface area contributed by atoms with E-state index in [1.165, 1.54) is 17.3 Å². The molecule has 4 nitrogen and oxygen atoms in total. The van der Waals surface area contributed by atoms with Gasteiger partial charge in [0.05, 0.1) is 11.4 Å². The minimum absolute atomic E-state index is 0.0993. The Hall–Kier alpha value is -2.37. The summed E-state index contributed by atoms with van der Waals surface area (Å²) in [5, 5.41) is 12.7. The Labute approximate surface area is 162 Å². The fourth-order valence-corrected chi connectivity index (χ4v) is 3.16. The SMILES string of the molecule is Cc1ccc(C)c(-c2ccc(SCC(=O)Nc3ccc(Cl)cc3)nn2)c1. The standard InChI is InChI=1S/C20H18ClN3OS/c1-13-3-4-14(2)17(11-13)18-9-10-20(24-23-18)26-12-19(25)22-16-7-5-15(21)6-8-16/h3-11H,12H2,1-2H3,(H,22,25). The van der Waals surface area contributed by atoms with Crippen LogP contribution in [0.1, 0.15) is 11.1 Å². The van der Waals surface area contributed by atoms with E-state index in [9.17, 15) is 4.79 Å². The number of nitrogens with one attached hydrogen (secondary N) is 1. The van der Waals surface area contributed by atoms with Crippen molar-refractivity contribution < 1.29 is 4.79 Å². The first-order valence-electron chi connectivity index (χ1n) is 8.11. The molecule has 0 aliphatic heterocycles. The number of nitrogens with zero attached hydrogens (tertiary/aromatic N) is 2. The molecular weight excluding hydrogens is 366 g/mol. The summed E-state index contributed by atoms with van der Waals surface area (Å²) in [7, 11) is 0. The molecule has 0 unspecified atom stereocenters. The van der Waals surface area contributed by atoms with Gasteiger partial charge in [-0.15, -0.1) is 10.2 Å². The van der Waals surface area contributed by atoms with E-state index in [4.69, 9.17) is 11.6 Å². The van der Waals surface area contributed by atoms with Crippen LogP contribution in [0.3, 0.4) is 0 Å². The monoisotopic (exact) mass is 383 g/mol. The van der Waals surface area contributed by atoms with Crippen LogP contribution in [0, 0.1) is 13.8 Å². The summed E-state index contributed by atoms with van der Waals surface area (Å²) in [6.07, 6.45) is 0. The number of hydrogen-bond acceptors (Lipinski definition) is 4. The molecule has 0 aliphatic rings. The van der Waals surface area contributed by atoms with Crippen LogP contribution in [0.15, 0.2) is 59.6 Å². The van der Waals surface area contributed by atoms with Gasteiger partial charge in [0.15, 0.2) is 0 Å². The van der Waals surface area contributed by atoms with Crippen LogP contribution in [-0.4, -0.2) is 21.9 Å². The lowest BCUT2D eigenvalue weighted by Crippen LogP contribution is -2.14. The maximum Gasteiger partial charge on any atom is 0.234 e. The average Bonchev–Trinajstić information content (AvgIpc) is 2.64. The Morgan fingerprint density at radius 1 is 1.04 bits per heavy atom. The van der Waals surface area contributed by atoms with E-state index in [2.05, 4.69) is 47.6 Å². The lowest BCUT2D eigenvalue weighted by Gasteiger charge is -2.07. The number of carbonyl (C=O) groups excluding carboxylic acids is 1. The van der Waals surface area contributed by atoms with Crippen molar-refractivity contribution in [3.63, 3.8) is 0 Å². The fourth-order valence-electron chi connectivity index (χ4n) is 2.42. The van der Waals surface area contributed by atoms with Crippen LogP contribution < -0.4 is 5.32 Å². The lowest BCUT2D eigenvalue weighted by molar-refractivity contribution is -0.113. The van der Waals surface area contributed by atoms with Crippen molar-refractivity contribution in [2.24, 2.45) is 0 Å². The summed E-state index contributed by atoms with van der Waals surface area (Å²) < 4.78 is 0. The summed E-state index contributed by atoms with van der Waals surface area (Å²) in [4.78, 5) is 12.0. The molecule has 0 aliphatic carbocycles. The van der Waals surface area contributed by atoms with Gasteiger partial charge in [-0.25, -0.2) is 0 Å². The third kappa shape index (κ3) is 4.84. The van der Waals surface area contributed by atoms with Crippen molar-refractivity contribution in [3.05, 3.63) is 70.7 Å². The van der Waals surface area contributed by atoms with Crippen LogP contribution in [0.4, 0.5) is 5.69 Å². The van der Waals surface area contributed by atoms with Crippen molar-refractivity contribution in [1.29, 1.82) is 0 Å². The molecule has 1 amide bonds. The van der Waals surface area contributed by atoms with Crippen LogP contribution in [0.5, 0.6) is 0 Å².